The Morgan fingerprint density at radius 2 is 0.554 bits per heavy atom. The maximum atomic E-state index is 9.19. The summed E-state index contributed by atoms with van der Waals surface area (Å²) in [4.78, 5) is 13.7. The van der Waals surface area contributed by atoms with E-state index >= 15 is 0 Å². The highest BCUT2D eigenvalue weighted by atomic mass is 32.2. The van der Waals surface area contributed by atoms with Crippen LogP contribution in [0.4, 0.5) is 22.7 Å². The third-order valence-corrected chi connectivity index (χ3v) is 12.5. The van der Waals surface area contributed by atoms with Gasteiger partial charge in [0.25, 0.3) is 10.1 Å². The number of nitrogens with zero attached hydrogens (tertiary/aromatic N) is 5. The molecule has 0 aliphatic carbocycles. The van der Waals surface area contributed by atoms with Gasteiger partial charge in [0.1, 0.15) is 19.6 Å². The summed E-state index contributed by atoms with van der Waals surface area (Å²) in [6, 6.07) is 58.2. The number of hydrogen-bond acceptors (Lipinski definition) is 10. The van der Waals surface area contributed by atoms with Gasteiger partial charge in [-0.2, -0.15) is 8.42 Å². The number of rotatable bonds is 24. The van der Waals surface area contributed by atoms with Crippen molar-refractivity contribution in [1.82, 2.24) is 4.90 Å². The highest BCUT2D eigenvalue weighted by molar-refractivity contribution is 7.85. The summed E-state index contributed by atoms with van der Waals surface area (Å²) in [6.45, 7) is 31.9. The Labute approximate surface area is 446 Å². The van der Waals surface area contributed by atoms with Gasteiger partial charge in [-0.1, -0.05) is 109 Å². The van der Waals surface area contributed by atoms with Gasteiger partial charge in [0.05, 0.1) is 16.4 Å². The molecule has 14 heteroatoms. The van der Waals surface area contributed by atoms with E-state index in [2.05, 4.69) is 238 Å². The van der Waals surface area contributed by atoms with E-state index in [9.17, 15) is 8.42 Å². The summed E-state index contributed by atoms with van der Waals surface area (Å²) in [5.74, 6) is 0. The molecule has 0 unspecified atom stereocenters. The predicted molar refractivity (Wildman–Crippen MR) is 311 cm³/mol. The lowest BCUT2D eigenvalue weighted by Gasteiger charge is -2.25. The first-order chi connectivity index (χ1) is 35.3. The van der Waals surface area contributed by atoms with Crippen LogP contribution in [0.5, 0.6) is 0 Å². The molecule has 0 spiro atoms. The average Bonchev–Trinajstić information content (AvgIpc) is 3.37. The summed E-state index contributed by atoms with van der Waals surface area (Å²) in [6.07, 6.45) is 1.32. The highest BCUT2D eigenvalue weighted by Crippen LogP contribution is 2.21. The predicted octanol–water partition coefficient (Wildman–Crippen LogP) is 10.4. The van der Waals surface area contributed by atoms with Gasteiger partial charge in [-0.25, -0.2) is 8.42 Å². The van der Waals surface area contributed by atoms with E-state index in [0.29, 0.717) is 12.5 Å². The van der Waals surface area contributed by atoms with Crippen LogP contribution in [0.3, 0.4) is 0 Å². The summed E-state index contributed by atoms with van der Waals surface area (Å²) < 4.78 is 53.1. The Kier molecular flexibility index (Phi) is 28.1. The fourth-order valence-electron chi connectivity index (χ4n) is 8.80. The molecule has 2 N–H and O–H groups in total. The van der Waals surface area contributed by atoms with Crippen LogP contribution in [0.2, 0.25) is 0 Å². The van der Waals surface area contributed by atoms with E-state index in [1.165, 1.54) is 56.1 Å². The van der Waals surface area contributed by atoms with Crippen molar-refractivity contribution in [2.24, 2.45) is 0 Å². The number of quaternary nitrogens is 1. The molecule has 0 aromatic heterocycles. The van der Waals surface area contributed by atoms with Gasteiger partial charge in [0.2, 0.25) is 0 Å². The monoisotopic (exact) mass is 1050 g/mol. The second-order valence-corrected chi connectivity index (χ2v) is 21.1. The lowest BCUT2D eigenvalue weighted by molar-refractivity contribution is -0.941. The first-order valence-corrected chi connectivity index (χ1v) is 29.8. The van der Waals surface area contributed by atoms with E-state index in [4.69, 9.17) is 17.5 Å². The molecule has 404 valence electrons. The topological polar surface area (TPSA) is 132 Å². The van der Waals surface area contributed by atoms with Crippen molar-refractivity contribution in [2.75, 3.05) is 84.5 Å². The summed E-state index contributed by atoms with van der Waals surface area (Å²) in [5.41, 5.74) is 13.5. The minimum absolute atomic E-state index is 0.604. The molecule has 12 nitrogen and oxygen atoms in total. The SMILES string of the molecule is CCN(CC)c1ccc(CN(Cc2ccccc2)Cc2ccc(N(CC)CC)cc2)cc1.CCN(CC)c1ccc(C[NH+](Cc2ccccc2)Cc2ccc(N(CC)CC)cc2)cc1.CS(=O)(=O)O.CS(=O)(=O)[O-]. The summed E-state index contributed by atoms with van der Waals surface area (Å²) in [7, 11) is -7.58. The molecule has 0 aliphatic rings. The third kappa shape index (κ3) is 25.0. The third-order valence-electron chi connectivity index (χ3n) is 12.5. The Morgan fingerprint density at radius 3 is 0.784 bits per heavy atom. The van der Waals surface area contributed by atoms with E-state index in [1.54, 1.807) is 4.90 Å². The van der Waals surface area contributed by atoms with Crippen LogP contribution in [-0.4, -0.2) is 95.7 Å². The fraction of sp³-hybridized carbons (Fsp3) is 0.400. The molecule has 6 rings (SSSR count). The molecule has 0 amide bonds. The van der Waals surface area contributed by atoms with Gasteiger partial charge in [-0.15, -0.1) is 0 Å². The minimum atomic E-state index is -3.92. The van der Waals surface area contributed by atoms with Crippen LogP contribution >= 0.6 is 0 Å². The molecule has 0 aliphatic heterocycles. The van der Waals surface area contributed by atoms with Gasteiger partial charge >= 0.3 is 0 Å². The minimum Gasteiger partial charge on any atom is -0.748 e. The van der Waals surface area contributed by atoms with Gasteiger partial charge in [-0.3, -0.25) is 9.45 Å². The second-order valence-electron chi connectivity index (χ2n) is 18.2. The number of nitrogens with one attached hydrogen (secondary N) is 1. The maximum absolute atomic E-state index is 9.19. The van der Waals surface area contributed by atoms with Gasteiger partial charge in [-0.05, 0) is 121 Å². The number of benzene rings is 6. The first kappa shape index (κ1) is 62.6. The standard InChI is InChI=1S/2C29H39N3.2CH4O3S/c2*1-5-31(6-2)28-18-14-26(15-19-28)23-30(22-25-12-10-9-11-13-25)24-27-16-20-29(21-17-27)32(7-3)8-4;2*1-5(2,3)4/h2*9-21H,5-8,22-24H2,1-4H3;2*1H3,(H,2,3,4). The zero-order chi connectivity index (χ0) is 54.5. The summed E-state index contributed by atoms with van der Waals surface area (Å²) >= 11 is 0. The largest absolute Gasteiger partial charge is 0.748 e. The zero-order valence-corrected chi connectivity index (χ0v) is 47.6. The van der Waals surface area contributed by atoms with Crippen molar-refractivity contribution >= 4 is 43.0 Å². The first-order valence-electron chi connectivity index (χ1n) is 26.2. The van der Waals surface area contributed by atoms with Crippen molar-refractivity contribution in [3.63, 3.8) is 0 Å². The molecule has 0 saturated heterocycles. The second kappa shape index (κ2) is 33.2. The van der Waals surface area contributed by atoms with Crippen LogP contribution in [0, 0.1) is 0 Å². The molecule has 0 bridgehead atoms. The molecule has 0 heterocycles. The van der Waals surface area contributed by atoms with Crippen molar-refractivity contribution in [3.05, 3.63) is 191 Å². The van der Waals surface area contributed by atoms with Crippen LogP contribution in [0.15, 0.2) is 158 Å². The van der Waals surface area contributed by atoms with E-state index in [1.807, 2.05) is 0 Å². The highest BCUT2D eigenvalue weighted by Gasteiger charge is 2.15. The van der Waals surface area contributed by atoms with E-state index < -0.39 is 20.2 Å². The van der Waals surface area contributed by atoms with Crippen LogP contribution in [0.1, 0.15) is 88.8 Å². The fourth-order valence-corrected chi connectivity index (χ4v) is 8.80. The lowest BCUT2D eigenvalue weighted by atomic mass is 10.1. The van der Waals surface area contributed by atoms with Gasteiger partial charge < -0.3 is 29.1 Å². The van der Waals surface area contributed by atoms with Crippen molar-refractivity contribution in [1.29, 1.82) is 0 Å². The van der Waals surface area contributed by atoms with Crippen molar-refractivity contribution in [3.8, 4) is 0 Å². The zero-order valence-electron chi connectivity index (χ0n) is 46.0. The van der Waals surface area contributed by atoms with Gasteiger partial charge in [0.15, 0.2) is 0 Å². The molecule has 0 atom stereocenters. The summed E-state index contributed by atoms with van der Waals surface area (Å²) in [5, 5.41) is 0. The Hall–Kier alpha value is -5.74. The Morgan fingerprint density at radius 1 is 0.365 bits per heavy atom. The molecule has 6 aromatic rings. The molecule has 6 aromatic carbocycles. The Balaban J connectivity index is 0.000000330. The molecular weight excluding hydrogens is 965 g/mol. The van der Waals surface area contributed by atoms with E-state index in [-0.39, 0.29) is 0 Å². The van der Waals surface area contributed by atoms with Crippen molar-refractivity contribution in [2.45, 2.75) is 94.7 Å². The Bertz CT molecular complexity index is 2310. The van der Waals surface area contributed by atoms with Gasteiger partial charge in [0, 0.05) is 118 Å². The lowest BCUT2D eigenvalue weighted by Crippen LogP contribution is -3.08. The quantitative estimate of drug-likeness (QED) is 0.0562. The smallest absolute Gasteiger partial charge is 0.261 e. The number of hydrogen-bond donors (Lipinski definition) is 2. The molecule has 0 saturated carbocycles. The van der Waals surface area contributed by atoms with Crippen LogP contribution in [0.25, 0.3) is 0 Å². The molecular formula is C60H86N6O6S2. The maximum Gasteiger partial charge on any atom is 0.261 e. The van der Waals surface area contributed by atoms with E-state index in [0.717, 1.165) is 91.6 Å². The normalized spacial score (nSPS) is 11.1. The van der Waals surface area contributed by atoms with Crippen LogP contribution < -0.4 is 24.5 Å². The molecule has 0 fully saturated rings. The molecule has 0 radical (unpaired) electrons. The van der Waals surface area contributed by atoms with Crippen LogP contribution in [-0.2, 0) is 59.5 Å². The van der Waals surface area contributed by atoms with Crippen molar-refractivity contribution < 1.29 is 30.8 Å². The molecule has 74 heavy (non-hydrogen) atoms. The number of anilines is 4. The average molecular weight is 1050 g/mol.